The van der Waals surface area contributed by atoms with E-state index in [0.717, 1.165) is 0 Å². The van der Waals surface area contributed by atoms with E-state index >= 15 is 0 Å². The van der Waals surface area contributed by atoms with Crippen molar-refractivity contribution in [2.45, 2.75) is 6.42 Å². The SMILES string of the molecule is COc1cc(C(=O)O)c(/N=C/N(C)C)cc1OCCCCl. The van der Waals surface area contributed by atoms with Crippen LogP contribution in [0.4, 0.5) is 5.69 Å². The lowest BCUT2D eigenvalue weighted by Gasteiger charge is -2.13. The summed E-state index contributed by atoms with van der Waals surface area (Å²) in [6.07, 6.45) is 2.21. The zero-order chi connectivity index (χ0) is 15.8. The molecule has 0 amide bonds. The highest BCUT2D eigenvalue weighted by Crippen LogP contribution is 2.35. The summed E-state index contributed by atoms with van der Waals surface area (Å²) in [6.45, 7) is 0.420. The van der Waals surface area contributed by atoms with Crippen molar-refractivity contribution in [3.8, 4) is 11.5 Å². The Morgan fingerprint density at radius 1 is 1.43 bits per heavy atom. The smallest absolute Gasteiger partial charge is 0.338 e. The Morgan fingerprint density at radius 2 is 2.14 bits per heavy atom. The van der Waals surface area contributed by atoms with E-state index in [1.807, 2.05) is 0 Å². The summed E-state index contributed by atoms with van der Waals surface area (Å²) in [5.74, 6) is 0.206. The van der Waals surface area contributed by atoms with E-state index in [2.05, 4.69) is 4.99 Å². The highest BCUT2D eigenvalue weighted by molar-refractivity contribution is 6.17. The molecule has 0 unspecified atom stereocenters. The van der Waals surface area contributed by atoms with Crippen LogP contribution in [0.3, 0.4) is 0 Å². The molecule has 0 aliphatic carbocycles. The zero-order valence-corrected chi connectivity index (χ0v) is 13.1. The summed E-state index contributed by atoms with van der Waals surface area (Å²) in [5.41, 5.74) is 0.354. The second-order valence-corrected chi connectivity index (χ2v) is 4.80. The quantitative estimate of drug-likeness (QED) is 0.346. The van der Waals surface area contributed by atoms with E-state index in [9.17, 15) is 9.90 Å². The van der Waals surface area contributed by atoms with Gasteiger partial charge in [-0.3, -0.25) is 0 Å². The maximum atomic E-state index is 11.3. The number of nitrogens with zero attached hydrogens (tertiary/aromatic N) is 2. The summed E-state index contributed by atoms with van der Waals surface area (Å²) in [5, 5.41) is 9.25. The first-order valence-corrected chi connectivity index (χ1v) is 6.87. The number of halogens is 1. The first kappa shape index (κ1) is 17.1. The van der Waals surface area contributed by atoms with Crippen LogP contribution in [-0.2, 0) is 0 Å². The summed E-state index contributed by atoms with van der Waals surface area (Å²) in [6, 6.07) is 2.96. The Kier molecular flexibility index (Phi) is 6.81. The van der Waals surface area contributed by atoms with Gasteiger partial charge in [0.2, 0.25) is 0 Å². The molecule has 0 aliphatic rings. The minimum Gasteiger partial charge on any atom is -0.493 e. The van der Waals surface area contributed by atoms with Crippen molar-refractivity contribution in [1.29, 1.82) is 0 Å². The molecule has 0 spiro atoms. The van der Waals surface area contributed by atoms with Crippen molar-refractivity contribution in [3.63, 3.8) is 0 Å². The molecule has 0 aliphatic heterocycles. The van der Waals surface area contributed by atoms with Crippen LogP contribution in [0.25, 0.3) is 0 Å². The van der Waals surface area contributed by atoms with Gasteiger partial charge in [0.05, 0.1) is 31.3 Å². The molecule has 1 aromatic rings. The number of hydrogen-bond donors (Lipinski definition) is 1. The number of methoxy groups -OCH3 is 1. The Bertz CT molecular complexity index is 518. The molecule has 0 saturated carbocycles. The summed E-state index contributed by atoms with van der Waals surface area (Å²) < 4.78 is 10.7. The van der Waals surface area contributed by atoms with Crippen LogP contribution >= 0.6 is 11.6 Å². The van der Waals surface area contributed by atoms with Crippen LogP contribution in [0, 0.1) is 0 Å². The number of benzene rings is 1. The molecule has 116 valence electrons. The van der Waals surface area contributed by atoms with E-state index in [1.165, 1.54) is 19.5 Å². The number of aliphatic imine (C=N–C) groups is 1. The van der Waals surface area contributed by atoms with E-state index in [1.54, 1.807) is 25.1 Å². The summed E-state index contributed by atoms with van der Waals surface area (Å²) in [4.78, 5) is 17.2. The molecule has 6 nitrogen and oxygen atoms in total. The fourth-order valence-corrected chi connectivity index (χ4v) is 1.62. The van der Waals surface area contributed by atoms with E-state index in [0.29, 0.717) is 36.1 Å². The topological polar surface area (TPSA) is 71.4 Å². The maximum Gasteiger partial charge on any atom is 0.338 e. The monoisotopic (exact) mass is 314 g/mol. The molecule has 7 heteroatoms. The van der Waals surface area contributed by atoms with Crippen molar-refractivity contribution in [2.75, 3.05) is 33.7 Å². The predicted molar refractivity (Wildman–Crippen MR) is 82.6 cm³/mol. The largest absolute Gasteiger partial charge is 0.493 e. The van der Waals surface area contributed by atoms with Gasteiger partial charge in [-0.05, 0) is 6.42 Å². The lowest BCUT2D eigenvalue weighted by atomic mass is 10.1. The van der Waals surface area contributed by atoms with Gasteiger partial charge in [-0.1, -0.05) is 0 Å². The van der Waals surface area contributed by atoms with Crippen molar-refractivity contribution < 1.29 is 19.4 Å². The number of ether oxygens (including phenoxy) is 2. The van der Waals surface area contributed by atoms with Crippen molar-refractivity contribution in [1.82, 2.24) is 4.90 Å². The molecule has 21 heavy (non-hydrogen) atoms. The molecule has 0 heterocycles. The molecular weight excluding hydrogens is 296 g/mol. The van der Waals surface area contributed by atoms with E-state index in [-0.39, 0.29) is 5.56 Å². The second-order valence-electron chi connectivity index (χ2n) is 4.42. The molecular formula is C14H19ClN2O4. The average molecular weight is 315 g/mol. The maximum absolute atomic E-state index is 11.3. The van der Waals surface area contributed by atoms with Gasteiger partial charge in [0.15, 0.2) is 11.5 Å². The van der Waals surface area contributed by atoms with Crippen LogP contribution in [0.1, 0.15) is 16.8 Å². The predicted octanol–water partition coefficient (Wildman–Crippen LogP) is 2.62. The van der Waals surface area contributed by atoms with Crippen molar-refractivity contribution >= 4 is 29.6 Å². The van der Waals surface area contributed by atoms with Gasteiger partial charge in [-0.15, -0.1) is 11.6 Å². The molecule has 0 fully saturated rings. The fourth-order valence-electron chi connectivity index (χ4n) is 1.51. The zero-order valence-electron chi connectivity index (χ0n) is 12.3. The number of hydrogen-bond acceptors (Lipinski definition) is 4. The fraction of sp³-hybridized carbons (Fsp3) is 0.429. The first-order valence-electron chi connectivity index (χ1n) is 6.34. The third-order valence-corrected chi connectivity index (χ3v) is 2.74. The van der Waals surface area contributed by atoms with Gasteiger partial charge >= 0.3 is 5.97 Å². The number of aromatic carboxylic acids is 1. The lowest BCUT2D eigenvalue weighted by Crippen LogP contribution is -2.08. The molecule has 0 aromatic heterocycles. The molecule has 0 bridgehead atoms. The summed E-state index contributed by atoms with van der Waals surface area (Å²) >= 11 is 5.61. The van der Waals surface area contributed by atoms with Crippen LogP contribution in [-0.4, -0.2) is 56.0 Å². The first-order chi connectivity index (χ1) is 9.99. The summed E-state index contributed by atoms with van der Waals surface area (Å²) in [7, 11) is 5.05. The molecule has 1 N–H and O–H groups in total. The number of rotatable bonds is 8. The number of carboxylic acid groups (broad SMARTS) is 1. The van der Waals surface area contributed by atoms with Gasteiger partial charge in [0.1, 0.15) is 0 Å². The van der Waals surface area contributed by atoms with Crippen molar-refractivity contribution in [2.24, 2.45) is 4.99 Å². The molecule has 0 radical (unpaired) electrons. The average Bonchev–Trinajstić information content (AvgIpc) is 2.44. The second kappa shape index (κ2) is 8.36. The molecule has 1 aromatic carbocycles. The van der Waals surface area contributed by atoms with E-state index in [4.69, 9.17) is 21.1 Å². The standard InChI is InChI=1S/C14H19ClN2O4/c1-17(2)9-16-11-8-13(21-6-4-5-15)12(20-3)7-10(11)14(18)19/h7-9H,4-6H2,1-3H3,(H,18,19)/b16-9+. The van der Waals surface area contributed by atoms with Crippen LogP contribution in [0.2, 0.25) is 0 Å². The van der Waals surface area contributed by atoms with E-state index < -0.39 is 5.97 Å². The van der Waals surface area contributed by atoms with Crippen molar-refractivity contribution in [3.05, 3.63) is 17.7 Å². The Labute approximate surface area is 128 Å². The van der Waals surface area contributed by atoms with Crippen LogP contribution in [0.5, 0.6) is 11.5 Å². The Morgan fingerprint density at radius 3 is 2.67 bits per heavy atom. The van der Waals surface area contributed by atoms with Gasteiger partial charge in [0.25, 0.3) is 0 Å². The number of alkyl halides is 1. The Hall–Kier alpha value is -1.95. The van der Waals surface area contributed by atoms with Gasteiger partial charge < -0.3 is 19.5 Å². The minimum atomic E-state index is -1.08. The molecule has 1 rings (SSSR count). The van der Waals surface area contributed by atoms with Gasteiger partial charge in [0, 0.05) is 32.1 Å². The third kappa shape index (κ3) is 5.15. The highest BCUT2D eigenvalue weighted by atomic mass is 35.5. The van der Waals surface area contributed by atoms with Crippen LogP contribution in [0.15, 0.2) is 17.1 Å². The minimum absolute atomic E-state index is 0.0506. The number of carbonyl (C=O) groups is 1. The van der Waals surface area contributed by atoms with Gasteiger partial charge in [-0.2, -0.15) is 0 Å². The lowest BCUT2D eigenvalue weighted by molar-refractivity contribution is 0.0697. The van der Waals surface area contributed by atoms with Crippen LogP contribution < -0.4 is 9.47 Å². The molecule has 0 atom stereocenters. The third-order valence-electron chi connectivity index (χ3n) is 2.48. The van der Waals surface area contributed by atoms with Gasteiger partial charge in [-0.25, -0.2) is 9.79 Å². The normalized spacial score (nSPS) is 10.7. The highest BCUT2D eigenvalue weighted by Gasteiger charge is 2.16. The Balaban J connectivity index is 3.18. The molecule has 0 saturated heterocycles. The number of carboxylic acids is 1.